The van der Waals surface area contributed by atoms with E-state index in [9.17, 15) is 5.11 Å². The smallest absolute Gasteiger partial charge is 0.122 e. The van der Waals surface area contributed by atoms with E-state index in [4.69, 9.17) is 16.3 Å². The Morgan fingerprint density at radius 3 is 2.95 bits per heavy atom. The molecule has 1 aliphatic heterocycles. The largest absolute Gasteiger partial charge is 0.493 e. The summed E-state index contributed by atoms with van der Waals surface area (Å²) >= 11 is 5.95. The number of aliphatic hydroxyl groups is 1. The molecule has 0 amide bonds. The number of hydrogen-bond acceptors (Lipinski definition) is 2. The van der Waals surface area contributed by atoms with Gasteiger partial charge < -0.3 is 9.84 Å². The molecule has 1 unspecified atom stereocenters. The summed E-state index contributed by atoms with van der Waals surface area (Å²) in [6, 6.07) is 13.7. The predicted octanol–water partition coefficient (Wildman–Crippen LogP) is 3.94. The fourth-order valence-electron chi connectivity index (χ4n) is 2.58. The first-order chi connectivity index (χ1) is 9.72. The highest BCUT2D eigenvalue weighted by atomic mass is 35.5. The summed E-state index contributed by atoms with van der Waals surface area (Å²) < 4.78 is 5.50. The molecular formula is C17H17ClO2. The van der Waals surface area contributed by atoms with Crippen molar-refractivity contribution in [3.05, 3.63) is 64.2 Å². The van der Waals surface area contributed by atoms with Gasteiger partial charge in [0.1, 0.15) is 5.75 Å². The normalized spacial score (nSPS) is 14.7. The number of hydrogen-bond donors (Lipinski definition) is 1. The van der Waals surface area contributed by atoms with Crippen LogP contribution in [0.15, 0.2) is 42.5 Å². The van der Waals surface area contributed by atoms with Crippen molar-refractivity contribution in [3.8, 4) is 5.75 Å². The molecule has 0 spiro atoms. The number of rotatable bonds is 4. The Hall–Kier alpha value is -1.51. The lowest BCUT2D eigenvalue weighted by molar-refractivity contribution is 0.168. The van der Waals surface area contributed by atoms with Gasteiger partial charge >= 0.3 is 0 Å². The third kappa shape index (κ3) is 2.97. The highest BCUT2D eigenvalue weighted by Gasteiger charge is 2.13. The predicted molar refractivity (Wildman–Crippen MR) is 80.4 cm³/mol. The van der Waals surface area contributed by atoms with Crippen LogP contribution in [0.1, 0.15) is 29.2 Å². The van der Waals surface area contributed by atoms with Crippen LogP contribution in [0.25, 0.3) is 0 Å². The van der Waals surface area contributed by atoms with Gasteiger partial charge in [0.25, 0.3) is 0 Å². The van der Waals surface area contributed by atoms with Gasteiger partial charge in [-0.25, -0.2) is 0 Å². The minimum Gasteiger partial charge on any atom is -0.493 e. The quantitative estimate of drug-likeness (QED) is 0.923. The molecule has 3 rings (SSSR count). The molecule has 0 saturated carbocycles. The highest BCUT2D eigenvalue weighted by molar-refractivity contribution is 6.30. The molecule has 0 radical (unpaired) electrons. The maximum Gasteiger partial charge on any atom is 0.122 e. The molecule has 0 aromatic heterocycles. The third-order valence-corrected chi connectivity index (χ3v) is 3.93. The van der Waals surface area contributed by atoms with Crippen molar-refractivity contribution < 1.29 is 9.84 Å². The molecule has 1 atom stereocenters. The van der Waals surface area contributed by atoms with E-state index in [0.717, 1.165) is 30.8 Å². The molecule has 0 aliphatic carbocycles. The standard InChI is InChI=1S/C17H17ClO2/c18-15-3-1-2-13(11-15)16(19)6-4-12-5-7-17-14(10-12)8-9-20-17/h1-3,5,7,10-11,16,19H,4,6,8-9H2. The number of aryl methyl sites for hydroxylation is 1. The average molecular weight is 289 g/mol. The average Bonchev–Trinajstić information content (AvgIpc) is 2.92. The van der Waals surface area contributed by atoms with Crippen molar-refractivity contribution in [1.82, 2.24) is 0 Å². The number of benzene rings is 2. The van der Waals surface area contributed by atoms with Crippen LogP contribution in [-0.2, 0) is 12.8 Å². The Balaban J connectivity index is 1.64. The first kappa shape index (κ1) is 13.5. The molecule has 1 heterocycles. The molecule has 0 saturated heterocycles. The lowest BCUT2D eigenvalue weighted by Crippen LogP contribution is -2.00. The molecular weight excluding hydrogens is 272 g/mol. The Bertz CT molecular complexity index is 610. The zero-order valence-corrected chi connectivity index (χ0v) is 11.9. The van der Waals surface area contributed by atoms with E-state index >= 15 is 0 Å². The lowest BCUT2D eigenvalue weighted by Gasteiger charge is -2.11. The molecule has 104 valence electrons. The van der Waals surface area contributed by atoms with Gasteiger partial charge in [0.15, 0.2) is 0 Å². The van der Waals surface area contributed by atoms with Gasteiger partial charge in [0, 0.05) is 11.4 Å². The van der Waals surface area contributed by atoms with Crippen LogP contribution in [0.3, 0.4) is 0 Å². The summed E-state index contributed by atoms with van der Waals surface area (Å²) in [4.78, 5) is 0. The maximum atomic E-state index is 10.2. The van der Waals surface area contributed by atoms with Gasteiger partial charge in [-0.2, -0.15) is 0 Å². The second kappa shape index (κ2) is 5.86. The van der Waals surface area contributed by atoms with Crippen LogP contribution in [-0.4, -0.2) is 11.7 Å². The first-order valence-corrected chi connectivity index (χ1v) is 7.28. The molecule has 1 aliphatic rings. The van der Waals surface area contributed by atoms with Gasteiger partial charge in [-0.05, 0) is 47.7 Å². The first-order valence-electron chi connectivity index (χ1n) is 6.90. The monoisotopic (exact) mass is 288 g/mol. The van der Waals surface area contributed by atoms with Crippen molar-refractivity contribution in [1.29, 1.82) is 0 Å². The topological polar surface area (TPSA) is 29.5 Å². The Morgan fingerprint density at radius 1 is 1.20 bits per heavy atom. The van der Waals surface area contributed by atoms with Crippen molar-refractivity contribution in [2.75, 3.05) is 6.61 Å². The minimum absolute atomic E-state index is 0.474. The zero-order valence-electron chi connectivity index (χ0n) is 11.2. The minimum atomic E-state index is -0.474. The molecule has 2 aromatic rings. The van der Waals surface area contributed by atoms with Crippen molar-refractivity contribution >= 4 is 11.6 Å². The number of ether oxygens (including phenoxy) is 1. The molecule has 1 N–H and O–H groups in total. The van der Waals surface area contributed by atoms with Gasteiger partial charge in [-0.1, -0.05) is 35.9 Å². The van der Waals surface area contributed by atoms with Crippen LogP contribution in [0, 0.1) is 0 Å². The summed E-state index contributed by atoms with van der Waals surface area (Å²) in [5.41, 5.74) is 3.40. The summed E-state index contributed by atoms with van der Waals surface area (Å²) in [6.07, 6.45) is 2.05. The van der Waals surface area contributed by atoms with E-state index in [1.54, 1.807) is 0 Å². The highest BCUT2D eigenvalue weighted by Crippen LogP contribution is 2.27. The van der Waals surface area contributed by atoms with Crippen LogP contribution in [0.2, 0.25) is 5.02 Å². The maximum absolute atomic E-state index is 10.2. The molecule has 0 fully saturated rings. The Labute approximate surface area is 124 Å². The Morgan fingerprint density at radius 2 is 2.10 bits per heavy atom. The molecule has 0 bridgehead atoms. The van der Waals surface area contributed by atoms with Crippen molar-refractivity contribution in [2.24, 2.45) is 0 Å². The summed E-state index contributed by atoms with van der Waals surface area (Å²) in [7, 11) is 0. The van der Waals surface area contributed by atoms with Gasteiger partial charge in [-0.15, -0.1) is 0 Å². The molecule has 3 heteroatoms. The van der Waals surface area contributed by atoms with Crippen LogP contribution in [0.4, 0.5) is 0 Å². The second-order valence-corrected chi connectivity index (χ2v) is 5.59. The van der Waals surface area contributed by atoms with E-state index in [0.29, 0.717) is 11.4 Å². The van der Waals surface area contributed by atoms with E-state index < -0.39 is 6.10 Å². The summed E-state index contributed by atoms with van der Waals surface area (Å²) in [5.74, 6) is 1.00. The van der Waals surface area contributed by atoms with E-state index in [1.807, 2.05) is 30.3 Å². The number of aliphatic hydroxyl groups excluding tert-OH is 1. The number of fused-ring (bicyclic) bond motifs is 1. The van der Waals surface area contributed by atoms with Crippen molar-refractivity contribution in [2.45, 2.75) is 25.4 Å². The van der Waals surface area contributed by atoms with Crippen molar-refractivity contribution in [3.63, 3.8) is 0 Å². The fraction of sp³-hybridized carbons (Fsp3) is 0.294. The third-order valence-electron chi connectivity index (χ3n) is 3.69. The second-order valence-electron chi connectivity index (χ2n) is 5.15. The summed E-state index contributed by atoms with van der Waals surface area (Å²) in [6.45, 7) is 0.782. The van der Waals surface area contributed by atoms with E-state index in [-0.39, 0.29) is 0 Å². The van der Waals surface area contributed by atoms with Crippen LogP contribution >= 0.6 is 11.6 Å². The molecule has 2 aromatic carbocycles. The van der Waals surface area contributed by atoms with Gasteiger partial charge in [0.2, 0.25) is 0 Å². The van der Waals surface area contributed by atoms with E-state index in [2.05, 4.69) is 12.1 Å². The van der Waals surface area contributed by atoms with Gasteiger partial charge in [0.05, 0.1) is 12.7 Å². The lowest BCUT2D eigenvalue weighted by atomic mass is 9.99. The zero-order chi connectivity index (χ0) is 13.9. The Kier molecular flexibility index (Phi) is 3.95. The van der Waals surface area contributed by atoms with Crippen LogP contribution in [0.5, 0.6) is 5.75 Å². The fourth-order valence-corrected chi connectivity index (χ4v) is 2.78. The SMILES string of the molecule is OC(CCc1ccc2c(c1)CCO2)c1cccc(Cl)c1. The van der Waals surface area contributed by atoms with Gasteiger partial charge in [-0.3, -0.25) is 0 Å². The molecule has 20 heavy (non-hydrogen) atoms. The van der Waals surface area contributed by atoms with E-state index in [1.165, 1.54) is 11.1 Å². The number of halogens is 1. The summed E-state index contributed by atoms with van der Waals surface area (Å²) in [5, 5.41) is 10.9. The molecule has 2 nitrogen and oxygen atoms in total. The van der Waals surface area contributed by atoms with Crippen LogP contribution < -0.4 is 4.74 Å².